The predicted molar refractivity (Wildman–Crippen MR) is 71.9 cm³/mol. The molecule has 3 nitrogen and oxygen atoms in total. The molecule has 1 unspecified atom stereocenters. The second kappa shape index (κ2) is 7.00. The van der Waals surface area contributed by atoms with Crippen LogP contribution in [0.1, 0.15) is 59.8 Å². The van der Waals surface area contributed by atoms with E-state index in [2.05, 4.69) is 17.6 Å². The van der Waals surface area contributed by atoms with Crippen LogP contribution in [0.4, 0.5) is 0 Å². The Bertz CT molecular complexity index is 234. The van der Waals surface area contributed by atoms with Crippen LogP contribution in [0.15, 0.2) is 0 Å². The predicted octanol–water partition coefficient (Wildman–Crippen LogP) is 2.46. The monoisotopic (exact) mass is 240 g/mol. The van der Waals surface area contributed by atoms with Gasteiger partial charge in [-0.2, -0.15) is 0 Å². The van der Waals surface area contributed by atoms with E-state index in [0.717, 1.165) is 5.92 Å². The first kappa shape index (κ1) is 14.5. The SMILES string of the molecule is CC(C)NC(=O)C(C)N[C@H](C)C1CCCCC1. The molecule has 100 valence electrons. The molecule has 1 amide bonds. The van der Waals surface area contributed by atoms with E-state index in [-0.39, 0.29) is 18.0 Å². The number of nitrogens with one attached hydrogen (secondary N) is 2. The van der Waals surface area contributed by atoms with Gasteiger partial charge in [0.2, 0.25) is 5.91 Å². The molecule has 0 radical (unpaired) electrons. The summed E-state index contributed by atoms with van der Waals surface area (Å²) in [6.07, 6.45) is 6.71. The second-order valence-corrected chi connectivity index (χ2v) is 5.74. The molecule has 0 aromatic carbocycles. The van der Waals surface area contributed by atoms with Crippen LogP contribution in [0.25, 0.3) is 0 Å². The fourth-order valence-electron chi connectivity index (χ4n) is 2.65. The topological polar surface area (TPSA) is 41.1 Å². The van der Waals surface area contributed by atoms with Crippen LogP contribution in [-0.2, 0) is 4.79 Å². The zero-order valence-corrected chi connectivity index (χ0v) is 11.8. The molecule has 1 fully saturated rings. The van der Waals surface area contributed by atoms with E-state index in [1.165, 1.54) is 32.1 Å². The molecular formula is C14H28N2O. The van der Waals surface area contributed by atoms with Gasteiger partial charge < -0.3 is 10.6 Å². The average Bonchev–Trinajstić information content (AvgIpc) is 2.29. The Balaban J connectivity index is 2.33. The van der Waals surface area contributed by atoms with Gasteiger partial charge in [0.25, 0.3) is 0 Å². The summed E-state index contributed by atoms with van der Waals surface area (Å²) in [6, 6.07) is 0.578. The number of amides is 1. The molecule has 0 bridgehead atoms. The maximum atomic E-state index is 11.8. The van der Waals surface area contributed by atoms with Gasteiger partial charge in [-0.05, 0) is 46.5 Å². The summed E-state index contributed by atoms with van der Waals surface area (Å²) in [5, 5.41) is 6.39. The molecule has 1 rings (SSSR count). The van der Waals surface area contributed by atoms with Crippen molar-refractivity contribution in [1.29, 1.82) is 0 Å². The molecular weight excluding hydrogens is 212 g/mol. The number of hydrogen-bond donors (Lipinski definition) is 2. The first-order chi connectivity index (χ1) is 8.00. The molecule has 0 aliphatic heterocycles. The van der Waals surface area contributed by atoms with E-state index in [9.17, 15) is 4.79 Å². The third kappa shape index (κ3) is 5.07. The third-order valence-electron chi connectivity index (χ3n) is 3.69. The third-order valence-corrected chi connectivity index (χ3v) is 3.69. The van der Waals surface area contributed by atoms with Crippen LogP contribution in [0.2, 0.25) is 0 Å². The van der Waals surface area contributed by atoms with Crippen molar-refractivity contribution < 1.29 is 4.79 Å². The highest BCUT2D eigenvalue weighted by atomic mass is 16.2. The Labute approximate surface area is 106 Å². The fraction of sp³-hybridized carbons (Fsp3) is 0.929. The molecule has 1 aliphatic carbocycles. The molecule has 0 saturated heterocycles. The van der Waals surface area contributed by atoms with Crippen molar-refractivity contribution in [2.75, 3.05) is 0 Å². The molecule has 0 aromatic heterocycles. The Hall–Kier alpha value is -0.570. The van der Waals surface area contributed by atoms with Gasteiger partial charge in [-0.25, -0.2) is 0 Å². The minimum atomic E-state index is -0.0886. The lowest BCUT2D eigenvalue weighted by Gasteiger charge is -2.30. The molecule has 2 N–H and O–H groups in total. The lowest BCUT2D eigenvalue weighted by atomic mass is 9.84. The van der Waals surface area contributed by atoms with Crippen LogP contribution in [-0.4, -0.2) is 24.0 Å². The minimum absolute atomic E-state index is 0.0886. The van der Waals surface area contributed by atoms with Gasteiger partial charge in [-0.3, -0.25) is 4.79 Å². The Kier molecular flexibility index (Phi) is 5.96. The van der Waals surface area contributed by atoms with Crippen molar-refractivity contribution in [3.05, 3.63) is 0 Å². The Morgan fingerprint density at radius 3 is 2.18 bits per heavy atom. The standard InChI is InChI=1S/C14H28N2O/c1-10(2)15-14(17)12(4)16-11(3)13-8-6-5-7-9-13/h10-13,16H,5-9H2,1-4H3,(H,15,17)/t11-,12?/m1/s1. The summed E-state index contributed by atoms with van der Waals surface area (Å²) in [6.45, 7) is 8.16. The van der Waals surface area contributed by atoms with E-state index < -0.39 is 0 Å². The molecule has 3 heteroatoms. The van der Waals surface area contributed by atoms with E-state index in [1.54, 1.807) is 0 Å². The lowest BCUT2D eigenvalue weighted by molar-refractivity contribution is -0.123. The molecule has 1 saturated carbocycles. The minimum Gasteiger partial charge on any atom is -0.353 e. The molecule has 0 aromatic rings. The Morgan fingerprint density at radius 1 is 1.06 bits per heavy atom. The van der Waals surface area contributed by atoms with Gasteiger partial charge in [0.15, 0.2) is 0 Å². The highest BCUT2D eigenvalue weighted by Crippen LogP contribution is 2.26. The van der Waals surface area contributed by atoms with Gasteiger partial charge in [-0.1, -0.05) is 19.3 Å². The van der Waals surface area contributed by atoms with E-state index in [1.807, 2.05) is 20.8 Å². The van der Waals surface area contributed by atoms with Crippen LogP contribution >= 0.6 is 0 Å². The van der Waals surface area contributed by atoms with Crippen molar-refractivity contribution in [2.45, 2.75) is 77.9 Å². The van der Waals surface area contributed by atoms with Crippen LogP contribution < -0.4 is 10.6 Å². The summed E-state index contributed by atoms with van der Waals surface area (Å²) in [5.41, 5.74) is 0. The number of rotatable bonds is 5. The molecule has 0 spiro atoms. The number of hydrogen-bond acceptors (Lipinski definition) is 2. The number of carbonyl (C=O) groups excluding carboxylic acids is 1. The first-order valence-electron chi connectivity index (χ1n) is 7.07. The van der Waals surface area contributed by atoms with Gasteiger partial charge in [0.1, 0.15) is 0 Å². The Morgan fingerprint density at radius 2 is 1.65 bits per heavy atom. The van der Waals surface area contributed by atoms with Crippen molar-refractivity contribution in [3.63, 3.8) is 0 Å². The largest absolute Gasteiger partial charge is 0.353 e. The first-order valence-corrected chi connectivity index (χ1v) is 7.07. The van der Waals surface area contributed by atoms with Crippen molar-refractivity contribution in [1.82, 2.24) is 10.6 Å². The summed E-state index contributed by atoms with van der Waals surface area (Å²) < 4.78 is 0. The van der Waals surface area contributed by atoms with E-state index >= 15 is 0 Å². The lowest BCUT2D eigenvalue weighted by Crippen LogP contribution is -2.49. The maximum absolute atomic E-state index is 11.8. The zero-order valence-electron chi connectivity index (χ0n) is 11.8. The van der Waals surface area contributed by atoms with Crippen LogP contribution in [0, 0.1) is 5.92 Å². The van der Waals surface area contributed by atoms with Gasteiger partial charge in [0.05, 0.1) is 6.04 Å². The fourth-order valence-corrected chi connectivity index (χ4v) is 2.65. The van der Waals surface area contributed by atoms with Crippen molar-refractivity contribution >= 4 is 5.91 Å². The van der Waals surface area contributed by atoms with Crippen molar-refractivity contribution in [3.8, 4) is 0 Å². The van der Waals surface area contributed by atoms with Crippen LogP contribution in [0.3, 0.4) is 0 Å². The van der Waals surface area contributed by atoms with Gasteiger partial charge >= 0.3 is 0 Å². The molecule has 1 aliphatic rings. The molecule has 17 heavy (non-hydrogen) atoms. The maximum Gasteiger partial charge on any atom is 0.237 e. The smallest absolute Gasteiger partial charge is 0.237 e. The van der Waals surface area contributed by atoms with E-state index in [0.29, 0.717) is 6.04 Å². The summed E-state index contributed by atoms with van der Waals surface area (Å²) in [7, 11) is 0. The van der Waals surface area contributed by atoms with Crippen LogP contribution in [0.5, 0.6) is 0 Å². The normalized spacial score (nSPS) is 21.2. The second-order valence-electron chi connectivity index (χ2n) is 5.74. The van der Waals surface area contributed by atoms with E-state index in [4.69, 9.17) is 0 Å². The molecule has 0 heterocycles. The summed E-state index contributed by atoms with van der Waals surface area (Å²) in [5.74, 6) is 0.862. The summed E-state index contributed by atoms with van der Waals surface area (Å²) in [4.78, 5) is 11.8. The summed E-state index contributed by atoms with van der Waals surface area (Å²) >= 11 is 0. The van der Waals surface area contributed by atoms with Crippen molar-refractivity contribution in [2.24, 2.45) is 5.92 Å². The average molecular weight is 240 g/mol. The highest BCUT2D eigenvalue weighted by molar-refractivity contribution is 5.81. The van der Waals surface area contributed by atoms with Gasteiger partial charge in [0, 0.05) is 12.1 Å². The molecule has 2 atom stereocenters. The zero-order chi connectivity index (χ0) is 12.8. The highest BCUT2D eigenvalue weighted by Gasteiger charge is 2.23. The number of carbonyl (C=O) groups is 1. The quantitative estimate of drug-likeness (QED) is 0.775. The van der Waals surface area contributed by atoms with Gasteiger partial charge in [-0.15, -0.1) is 0 Å².